The molecule has 0 radical (unpaired) electrons. The highest BCUT2D eigenvalue weighted by molar-refractivity contribution is 5.77. The molecule has 0 aliphatic heterocycles. The number of carbonyl (C=O) groups is 3. The van der Waals surface area contributed by atoms with E-state index in [0.717, 1.165) is 45.2 Å². The van der Waals surface area contributed by atoms with Crippen molar-refractivity contribution in [1.82, 2.24) is 26.2 Å². The Morgan fingerprint density at radius 2 is 0.920 bits per heavy atom. The molecule has 0 heterocycles. The van der Waals surface area contributed by atoms with Crippen molar-refractivity contribution in [3.8, 4) is 0 Å². The standard InChI is InChI=1S/C42H85N5O3/c1-17-33(2)42(15,16)29-41(13,14)32-44-34(48)19-23-43-22-18-24-47(25-20-35(49)45-30-39(9,10)27-37(3,4)5)26-21-36(50)46-31-40(11,12)28-38(6,7)8/h33,43H,17-32H2,1-16H3,(H,44,48)(H,45,49)(H,46,50). The van der Waals surface area contributed by atoms with Crippen LogP contribution in [0.4, 0.5) is 0 Å². The van der Waals surface area contributed by atoms with Crippen LogP contribution in [0.3, 0.4) is 0 Å². The Labute approximate surface area is 310 Å². The van der Waals surface area contributed by atoms with Gasteiger partial charge in [0.25, 0.3) is 0 Å². The van der Waals surface area contributed by atoms with E-state index in [2.05, 4.69) is 137 Å². The second-order valence-corrected chi connectivity index (χ2v) is 21.0. The van der Waals surface area contributed by atoms with Gasteiger partial charge in [0.05, 0.1) is 0 Å². The van der Waals surface area contributed by atoms with E-state index in [9.17, 15) is 14.4 Å². The molecule has 296 valence electrons. The zero-order valence-electron chi connectivity index (χ0n) is 36.1. The highest BCUT2D eigenvalue weighted by atomic mass is 16.2. The van der Waals surface area contributed by atoms with Gasteiger partial charge in [0.1, 0.15) is 0 Å². The van der Waals surface area contributed by atoms with Crippen LogP contribution in [-0.4, -0.2) is 75.0 Å². The summed E-state index contributed by atoms with van der Waals surface area (Å²) in [7, 11) is 0. The lowest BCUT2D eigenvalue weighted by molar-refractivity contribution is -0.122. The number of hydrogen-bond donors (Lipinski definition) is 4. The fourth-order valence-corrected chi connectivity index (χ4v) is 7.91. The van der Waals surface area contributed by atoms with E-state index < -0.39 is 0 Å². The summed E-state index contributed by atoms with van der Waals surface area (Å²) in [6, 6.07) is 0. The number of carbonyl (C=O) groups excluding carboxylic acids is 3. The molecule has 0 spiro atoms. The summed E-state index contributed by atoms with van der Waals surface area (Å²) >= 11 is 0. The molecular formula is C42H85N5O3. The molecule has 0 rings (SSSR count). The van der Waals surface area contributed by atoms with Crippen LogP contribution in [0, 0.1) is 38.4 Å². The molecular weight excluding hydrogens is 622 g/mol. The average molecular weight is 708 g/mol. The van der Waals surface area contributed by atoms with Crippen LogP contribution in [0.2, 0.25) is 0 Å². The maximum atomic E-state index is 12.9. The average Bonchev–Trinajstić information content (AvgIpc) is 2.93. The van der Waals surface area contributed by atoms with E-state index in [0.29, 0.717) is 64.4 Å². The monoisotopic (exact) mass is 708 g/mol. The largest absolute Gasteiger partial charge is 0.356 e. The molecule has 0 bridgehead atoms. The first-order chi connectivity index (χ1) is 22.6. The van der Waals surface area contributed by atoms with Gasteiger partial charge in [-0.15, -0.1) is 0 Å². The molecule has 0 aromatic rings. The van der Waals surface area contributed by atoms with E-state index in [-0.39, 0.29) is 50.2 Å². The molecule has 0 fully saturated rings. The van der Waals surface area contributed by atoms with Crippen LogP contribution < -0.4 is 21.3 Å². The van der Waals surface area contributed by atoms with Gasteiger partial charge < -0.3 is 26.2 Å². The Morgan fingerprint density at radius 3 is 1.30 bits per heavy atom. The lowest BCUT2D eigenvalue weighted by atomic mass is 9.68. The normalized spacial score (nSPS) is 14.1. The van der Waals surface area contributed by atoms with Crippen LogP contribution in [0.5, 0.6) is 0 Å². The Bertz CT molecular complexity index is 956. The Kier molecular flexibility index (Phi) is 20.4. The van der Waals surface area contributed by atoms with Gasteiger partial charge >= 0.3 is 0 Å². The van der Waals surface area contributed by atoms with Gasteiger partial charge in [-0.2, -0.15) is 0 Å². The van der Waals surface area contributed by atoms with Crippen molar-refractivity contribution in [1.29, 1.82) is 0 Å². The number of rotatable bonds is 25. The first kappa shape index (κ1) is 48.3. The number of nitrogens with zero attached hydrogens (tertiary/aromatic N) is 1. The smallest absolute Gasteiger partial charge is 0.221 e. The van der Waals surface area contributed by atoms with Crippen molar-refractivity contribution in [3.63, 3.8) is 0 Å². The minimum Gasteiger partial charge on any atom is -0.356 e. The number of nitrogens with one attached hydrogen (secondary N) is 4. The second kappa shape index (κ2) is 21.1. The van der Waals surface area contributed by atoms with Gasteiger partial charge in [0.15, 0.2) is 0 Å². The van der Waals surface area contributed by atoms with Gasteiger partial charge in [-0.1, -0.05) is 117 Å². The Hall–Kier alpha value is -1.67. The zero-order chi connectivity index (χ0) is 39.0. The van der Waals surface area contributed by atoms with Gasteiger partial charge in [-0.25, -0.2) is 0 Å². The topological polar surface area (TPSA) is 103 Å². The van der Waals surface area contributed by atoms with Crippen LogP contribution in [-0.2, 0) is 14.4 Å². The molecule has 3 amide bonds. The number of amides is 3. The van der Waals surface area contributed by atoms with Crippen molar-refractivity contribution in [3.05, 3.63) is 0 Å². The fourth-order valence-electron chi connectivity index (χ4n) is 7.91. The van der Waals surface area contributed by atoms with Crippen molar-refractivity contribution < 1.29 is 14.4 Å². The molecule has 8 heteroatoms. The second-order valence-electron chi connectivity index (χ2n) is 21.0. The molecule has 4 N–H and O–H groups in total. The van der Waals surface area contributed by atoms with Crippen LogP contribution in [0.1, 0.15) is 162 Å². The van der Waals surface area contributed by atoms with E-state index in [4.69, 9.17) is 0 Å². The van der Waals surface area contributed by atoms with Gasteiger partial charge in [0, 0.05) is 58.5 Å². The third-order valence-electron chi connectivity index (χ3n) is 9.86. The maximum absolute atomic E-state index is 12.9. The lowest BCUT2D eigenvalue weighted by Crippen LogP contribution is -2.40. The van der Waals surface area contributed by atoms with E-state index in [1.807, 2.05) is 0 Å². The van der Waals surface area contributed by atoms with Crippen molar-refractivity contribution in [2.24, 2.45) is 38.4 Å². The predicted octanol–water partition coefficient (Wildman–Crippen LogP) is 8.20. The van der Waals surface area contributed by atoms with Gasteiger partial charge in [-0.3, -0.25) is 14.4 Å². The SMILES string of the molecule is CCC(C)C(C)(C)CC(C)(C)CNC(=O)CCNCCCN(CCC(=O)NCC(C)(C)CC(C)(C)C)CCC(=O)NCC(C)(C)CC(C)(C)C. The molecule has 8 nitrogen and oxygen atoms in total. The Balaban J connectivity index is 4.90. The van der Waals surface area contributed by atoms with Crippen LogP contribution >= 0.6 is 0 Å². The molecule has 0 aliphatic rings. The number of hydrogen-bond acceptors (Lipinski definition) is 5. The van der Waals surface area contributed by atoms with E-state index in [1.165, 1.54) is 0 Å². The molecule has 1 unspecified atom stereocenters. The molecule has 1 atom stereocenters. The molecule has 0 saturated heterocycles. The lowest BCUT2D eigenvalue weighted by Gasteiger charge is -2.39. The summed E-state index contributed by atoms with van der Waals surface area (Å²) in [6.45, 7) is 41.4. The summed E-state index contributed by atoms with van der Waals surface area (Å²) in [5.41, 5.74) is 0.723. The van der Waals surface area contributed by atoms with Gasteiger partial charge in [0.2, 0.25) is 17.7 Å². The predicted molar refractivity (Wildman–Crippen MR) is 214 cm³/mol. The first-order valence-corrected chi connectivity index (χ1v) is 19.8. The maximum Gasteiger partial charge on any atom is 0.221 e. The fraction of sp³-hybridized carbons (Fsp3) is 0.929. The summed E-state index contributed by atoms with van der Waals surface area (Å²) in [6.07, 6.45) is 6.42. The Morgan fingerprint density at radius 1 is 0.540 bits per heavy atom. The first-order valence-electron chi connectivity index (χ1n) is 19.8. The van der Waals surface area contributed by atoms with E-state index in [1.54, 1.807) is 0 Å². The molecule has 0 aromatic carbocycles. The summed E-state index contributed by atoms with van der Waals surface area (Å²) in [5, 5.41) is 12.9. The third kappa shape index (κ3) is 25.3. The molecule has 0 aromatic heterocycles. The van der Waals surface area contributed by atoms with Crippen LogP contribution in [0.25, 0.3) is 0 Å². The van der Waals surface area contributed by atoms with E-state index >= 15 is 0 Å². The quantitative estimate of drug-likeness (QED) is 0.0717. The zero-order valence-corrected chi connectivity index (χ0v) is 36.1. The molecule has 50 heavy (non-hydrogen) atoms. The summed E-state index contributed by atoms with van der Waals surface area (Å²) < 4.78 is 0. The summed E-state index contributed by atoms with van der Waals surface area (Å²) in [5.74, 6) is 0.836. The van der Waals surface area contributed by atoms with Crippen molar-refractivity contribution >= 4 is 17.7 Å². The van der Waals surface area contributed by atoms with Crippen molar-refractivity contribution in [2.75, 3.05) is 52.4 Å². The highest BCUT2D eigenvalue weighted by Crippen LogP contribution is 2.40. The third-order valence-corrected chi connectivity index (χ3v) is 9.86. The minimum atomic E-state index is 0.0233. The molecule has 0 aliphatic carbocycles. The minimum absolute atomic E-state index is 0.0233. The summed E-state index contributed by atoms with van der Waals surface area (Å²) in [4.78, 5) is 40.6. The molecule has 0 saturated carbocycles. The van der Waals surface area contributed by atoms with Gasteiger partial charge in [-0.05, 0) is 77.2 Å². The highest BCUT2D eigenvalue weighted by Gasteiger charge is 2.33. The van der Waals surface area contributed by atoms with Crippen molar-refractivity contribution in [2.45, 2.75) is 162 Å². The van der Waals surface area contributed by atoms with Crippen LogP contribution in [0.15, 0.2) is 0 Å².